The van der Waals surface area contributed by atoms with Crippen molar-refractivity contribution < 1.29 is 15.0 Å². The molecule has 0 bridgehead atoms. The number of H-pyrrole nitrogens is 2. The number of nitrogens with one attached hydrogen (secondary N) is 3. The zero-order valence-electron chi connectivity index (χ0n) is 16.6. The van der Waals surface area contributed by atoms with Gasteiger partial charge in [0.15, 0.2) is 5.65 Å². The Kier molecular flexibility index (Phi) is 4.66. The lowest BCUT2D eigenvalue weighted by molar-refractivity contribution is 0.0697. The Bertz CT molecular complexity index is 1500. The van der Waals surface area contributed by atoms with Gasteiger partial charge in [0, 0.05) is 11.8 Å². The summed E-state index contributed by atoms with van der Waals surface area (Å²) in [6.45, 7) is 0.373. The van der Waals surface area contributed by atoms with E-state index in [0.717, 1.165) is 18.4 Å². The van der Waals surface area contributed by atoms with Gasteiger partial charge in [-0.2, -0.15) is 19.6 Å². The van der Waals surface area contributed by atoms with Gasteiger partial charge in [-0.05, 0) is 36.6 Å². The molecule has 5 rings (SSSR count). The molecule has 0 amide bonds. The Morgan fingerprint density at radius 3 is 2.69 bits per heavy atom. The fraction of sp³-hybridized carbons (Fsp3) is 0.200. The van der Waals surface area contributed by atoms with Gasteiger partial charge in [0.1, 0.15) is 5.69 Å². The van der Waals surface area contributed by atoms with Crippen molar-refractivity contribution in [2.45, 2.75) is 25.4 Å². The summed E-state index contributed by atoms with van der Waals surface area (Å²) in [6.07, 6.45) is 5.08. The standard InChI is InChI=1S/C20H18N8O4/c29-16-14(24-20(32)26-16)7-12-9-22-28-15(12)25-18(27-19(28)23-13-5-6-13)21-8-10-1-3-11(4-2-10)17(30)31/h1-4,7,9,13,29H,5-6,8H2,(H,30,31)(H,21,23,27)(H2,24,26,32)/b12-7+. The van der Waals surface area contributed by atoms with Gasteiger partial charge in [0.2, 0.25) is 11.8 Å². The number of rotatable bonds is 6. The van der Waals surface area contributed by atoms with Gasteiger partial charge >= 0.3 is 11.7 Å². The second kappa shape index (κ2) is 7.65. The molecule has 0 saturated heterocycles. The molecule has 1 aliphatic rings. The number of benzene rings is 1. The van der Waals surface area contributed by atoms with Crippen molar-refractivity contribution in [2.75, 3.05) is 5.32 Å². The highest BCUT2D eigenvalue weighted by Crippen LogP contribution is 2.22. The number of aromatic hydroxyl groups is 1. The minimum absolute atomic E-state index is 0.200. The Hall–Kier alpha value is -4.48. The molecule has 0 aliphatic heterocycles. The predicted octanol–water partition coefficient (Wildman–Crippen LogP) is -0.233. The average Bonchev–Trinajstić information content (AvgIpc) is 3.41. The van der Waals surface area contributed by atoms with Crippen LogP contribution in [0.1, 0.15) is 34.5 Å². The molecule has 1 fully saturated rings. The maximum Gasteiger partial charge on any atom is 0.335 e. The Balaban J connectivity index is 1.53. The summed E-state index contributed by atoms with van der Waals surface area (Å²) in [7, 11) is 0. The lowest BCUT2D eigenvalue weighted by Crippen LogP contribution is -2.24. The van der Waals surface area contributed by atoms with E-state index in [1.165, 1.54) is 16.6 Å². The van der Waals surface area contributed by atoms with Gasteiger partial charge in [-0.15, -0.1) is 0 Å². The van der Waals surface area contributed by atoms with Crippen molar-refractivity contribution in [2.24, 2.45) is 4.99 Å². The van der Waals surface area contributed by atoms with Crippen molar-refractivity contribution in [1.82, 2.24) is 29.5 Å². The molecular weight excluding hydrogens is 416 g/mol. The highest BCUT2D eigenvalue weighted by Gasteiger charge is 2.21. The molecule has 0 radical (unpaired) electrons. The van der Waals surface area contributed by atoms with Gasteiger partial charge in [-0.3, -0.25) is 4.98 Å². The number of aromatic carboxylic acids is 1. The van der Waals surface area contributed by atoms with Crippen LogP contribution in [0.15, 0.2) is 40.2 Å². The first-order valence-corrected chi connectivity index (χ1v) is 9.85. The van der Waals surface area contributed by atoms with E-state index in [2.05, 4.69) is 35.3 Å². The maximum absolute atomic E-state index is 11.4. The van der Waals surface area contributed by atoms with E-state index in [-0.39, 0.29) is 23.2 Å². The number of hydrogen-bond acceptors (Lipinski definition) is 8. The first kappa shape index (κ1) is 19.5. The van der Waals surface area contributed by atoms with Crippen LogP contribution >= 0.6 is 0 Å². The van der Waals surface area contributed by atoms with Crippen LogP contribution in [-0.2, 0) is 6.54 Å². The molecule has 5 N–H and O–H groups in total. The van der Waals surface area contributed by atoms with E-state index >= 15 is 0 Å². The molecule has 0 spiro atoms. The molecular formula is C20H18N8O4. The second-order valence-corrected chi connectivity index (χ2v) is 7.38. The Labute approximate surface area is 179 Å². The number of aromatic amines is 2. The van der Waals surface area contributed by atoms with Crippen molar-refractivity contribution in [3.63, 3.8) is 0 Å². The van der Waals surface area contributed by atoms with Gasteiger partial charge in [-0.25, -0.2) is 14.6 Å². The fourth-order valence-electron chi connectivity index (χ4n) is 3.11. The smallest absolute Gasteiger partial charge is 0.335 e. The molecule has 12 heteroatoms. The van der Waals surface area contributed by atoms with Crippen LogP contribution < -0.4 is 21.8 Å². The predicted molar refractivity (Wildman–Crippen MR) is 112 cm³/mol. The number of hydrogen-bond donors (Lipinski definition) is 5. The molecule has 0 unspecified atom stereocenters. The summed E-state index contributed by atoms with van der Waals surface area (Å²) in [5.74, 6) is -0.945. The van der Waals surface area contributed by atoms with Crippen molar-refractivity contribution in [1.29, 1.82) is 0 Å². The van der Waals surface area contributed by atoms with Crippen LogP contribution in [0.2, 0.25) is 0 Å². The minimum atomic E-state index is -0.982. The molecule has 162 valence electrons. The SMILES string of the molecule is O=C(O)c1ccc(CNc2nc(=NC3CC3)n3nc/c(=C\c4[nH]c(=O)[nH]c4O)c3n2)cc1. The van der Waals surface area contributed by atoms with Crippen LogP contribution in [-0.4, -0.2) is 51.8 Å². The van der Waals surface area contributed by atoms with Crippen LogP contribution in [0.3, 0.4) is 0 Å². The van der Waals surface area contributed by atoms with Crippen LogP contribution in [0.5, 0.6) is 5.88 Å². The quantitative estimate of drug-likeness (QED) is 0.277. The van der Waals surface area contributed by atoms with E-state index < -0.39 is 11.7 Å². The molecule has 12 nitrogen and oxygen atoms in total. The fourth-order valence-corrected chi connectivity index (χ4v) is 3.11. The zero-order valence-corrected chi connectivity index (χ0v) is 16.6. The molecule has 3 aromatic heterocycles. The first-order valence-electron chi connectivity index (χ1n) is 9.85. The van der Waals surface area contributed by atoms with Crippen molar-refractivity contribution in [3.05, 3.63) is 68.6 Å². The normalized spacial score (nSPS) is 14.9. The van der Waals surface area contributed by atoms with Crippen molar-refractivity contribution >= 4 is 23.6 Å². The highest BCUT2D eigenvalue weighted by molar-refractivity contribution is 5.87. The number of carboxylic acids is 1. The van der Waals surface area contributed by atoms with Gasteiger partial charge in [0.05, 0.1) is 17.8 Å². The summed E-state index contributed by atoms with van der Waals surface area (Å²) >= 11 is 0. The maximum atomic E-state index is 11.4. The second-order valence-electron chi connectivity index (χ2n) is 7.38. The van der Waals surface area contributed by atoms with Crippen LogP contribution in [0.4, 0.5) is 5.95 Å². The van der Waals surface area contributed by atoms with E-state index in [1.54, 1.807) is 24.4 Å². The van der Waals surface area contributed by atoms with Crippen LogP contribution in [0, 0.1) is 0 Å². The van der Waals surface area contributed by atoms with E-state index in [1.807, 2.05) is 0 Å². The largest absolute Gasteiger partial charge is 0.493 e. The number of carboxylic acid groups (broad SMARTS) is 1. The molecule has 1 aliphatic carbocycles. The molecule has 1 aromatic carbocycles. The lowest BCUT2D eigenvalue weighted by Gasteiger charge is -2.06. The summed E-state index contributed by atoms with van der Waals surface area (Å²) in [4.78, 5) is 40.8. The first-order chi connectivity index (χ1) is 15.5. The molecule has 3 heterocycles. The molecule has 1 saturated carbocycles. The molecule has 0 atom stereocenters. The zero-order chi connectivity index (χ0) is 22.2. The number of fused-ring (bicyclic) bond motifs is 1. The van der Waals surface area contributed by atoms with Gasteiger partial charge < -0.3 is 20.5 Å². The minimum Gasteiger partial charge on any atom is -0.493 e. The van der Waals surface area contributed by atoms with E-state index in [0.29, 0.717) is 29.0 Å². The summed E-state index contributed by atoms with van der Waals surface area (Å²) < 4.78 is 1.51. The van der Waals surface area contributed by atoms with Crippen molar-refractivity contribution in [3.8, 4) is 5.88 Å². The monoisotopic (exact) mass is 434 g/mol. The third-order valence-corrected chi connectivity index (χ3v) is 4.91. The number of nitrogens with zero attached hydrogens (tertiary/aromatic N) is 5. The summed E-state index contributed by atoms with van der Waals surface area (Å²) in [6, 6.07) is 6.70. The number of imidazole rings is 1. The van der Waals surface area contributed by atoms with E-state index in [4.69, 9.17) is 5.11 Å². The molecule has 32 heavy (non-hydrogen) atoms. The number of carbonyl (C=O) groups is 1. The summed E-state index contributed by atoms with van der Waals surface area (Å²) in [5, 5.41) is 26.9. The topological polar surface area (TPSA) is 174 Å². The molecule has 4 aromatic rings. The van der Waals surface area contributed by atoms with E-state index in [9.17, 15) is 14.7 Å². The van der Waals surface area contributed by atoms with Gasteiger partial charge in [0.25, 0.3) is 5.62 Å². The Morgan fingerprint density at radius 2 is 2.03 bits per heavy atom. The lowest BCUT2D eigenvalue weighted by atomic mass is 10.1. The third-order valence-electron chi connectivity index (χ3n) is 4.91. The average molecular weight is 434 g/mol. The third kappa shape index (κ3) is 3.93. The Morgan fingerprint density at radius 1 is 1.25 bits per heavy atom. The number of anilines is 1. The van der Waals surface area contributed by atoms with Gasteiger partial charge in [-0.1, -0.05) is 12.1 Å². The highest BCUT2D eigenvalue weighted by atomic mass is 16.4. The number of aromatic nitrogens is 6. The van der Waals surface area contributed by atoms with Crippen LogP contribution in [0.25, 0.3) is 11.7 Å². The summed E-state index contributed by atoms with van der Waals surface area (Å²) in [5.41, 5.74) is 1.59.